The molecule has 30 heavy (non-hydrogen) atoms. The van der Waals surface area contributed by atoms with Crippen molar-refractivity contribution in [3.05, 3.63) is 29.8 Å². The normalized spacial score (nSPS) is 13.5. The molecule has 0 aliphatic carbocycles. The Hall–Kier alpha value is -3.67. The average Bonchev–Trinajstić information content (AvgIpc) is 2.65. The zero-order valence-electron chi connectivity index (χ0n) is 15.9. The first-order valence-electron chi connectivity index (χ1n) is 8.86. The number of carbonyl (C=O) groups is 5. The third kappa shape index (κ3) is 8.56. The van der Waals surface area contributed by atoms with Crippen LogP contribution in [-0.4, -0.2) is 63.1 Å². The smallest absolute Gasteiger partial charge is 0.326 e. The Bertz CT molecular complexity index is 796. The third-order valence-corrected chi connectivity index (χ3v) is 4.04. The number of nitrogens with two attached hydrogens (primary N) is 2. The van der Waals surface area contributed by atoms with E-state index in [2.05, 4.69) is 10.6 Å². The summed E-state index contributed by atoms with van der Waals surface area (Å²) < 4.78 is 0. The number of carbonyl (C=O) groups excluding carboxylic acids is 3. The number of benzene rings is 1. The molecular weight excluding hydrogens is 400 g/mol. The number of carboxylic acids is 2. The maximum atomic E-state index is 12.6. The van der Waals surface area contributed by atoms with E-state index in [1.165, 1.54) is 24.3 Å². The Kier molecular flexibility index (Phi) is 9.23. The van der Waals surface area contributed by atoms with E-state index >= 15 is 0 Å². The highest BCUT2D eigenvalue weighted by atomic mass is 16.4. The fourth-order valence-electron chi connectivity index (χ4n) is 2.43. The number of rotatable bonds is 12. The number of aromatic hydroxyl groups is 1. The molecule has 0 saturated heterocycles. The summed E-state index contributed by atoms with van der Waals surface area (Å²) in [4.78, 5) is 57.8. The number of aliphatic carboxylic acids is 2. The number of primary amides is 1. The van der Waals surface area contributed by atoms with Crippen LogP contribution >= 0.6 is 0 Å². The van der Waals surface area contributed by atoms with Crippen molar-refractivity contribution in [2.24, 2.45) is 11.5 Å². The summed E-state index contributed by atoms with van der Waals surface area (Å²) in [6, 6.07) is 1.53. The zero-order chi connectivity index (χ0) is 22.8. The van der Waals surface area contributed by atoms with E-state index in [-0.39, 0.29) is 25.0 Å². The highest BCUT2D eigenvalue weighted by Crippen LogP contribution is 2.12. The Balaban J connectivity index is 2.97. The van der Waals surface area contributed by atoms with Crippen LogP contribution in [-0.2, 0) is 30.4 Å². The number of carboxylic acid groups (broad SMARTS) is 2. The van der Waals surface area contributed by atoms with Gasteiger partial charge >= 0.3 is 11.9 Å². The van der Waals surface area contributed by atoms with Gasteiger partial charge in [-0.25, -0.2) is 4.79 Å². The molecule has 0 bridgehead atoms. The monoisotopic (exact) mass is 424 g/mol. The van der Waals surface area contributed by atoms with Gasteiger partial charge in [0.1, 0.15) is 17.8 Å². The lowest BCUT2D eigenvalue weighted by Crippen LogP contribution is -2.55. The number of hydrogen-bond acceptors (Lipinski definition) is 7. The first kappa shape index (κ1) is 24.4. The SMILES string of the molecule is NC(=O)CC[C@H](N)C(=O)N[C@@H](Cc1ccc(O)cc1)C(=O)N[C@@H](CC(=O)O)C(=O)O. The number of nitrogens with one attached hydrogen (secondary N) is 2. The van der Waals surface area contributed by atoms with Gasteiger partial charge in [-0.05, 0) is 24.1 Å². The molecule has 0 aliphatic rings. The van der Waals surface area contributed by atoms with Gasteiger partial charge < -0.3 is 37.4 Å². The lowest BCUT2D eigenvalue weighted by atomic mass is 10.0. The average molecular weight is 424 g/mol. The molecular formula is C18H24N4O8. The van der Waals surface area contributed by atoms with E-state index < -0.39 is 54.2 Å². The van der Waals surface area contributed by atoms with E-state index in [0.717, 1.165) is 0 Å². The van der Waals surface area contributed by atoms with Crippen molar-refractivity contribution in [2.75, 3.05) is 0 Å². The molecule has 0 aromatic heterocycles. The largest absolute Gasteiger partial charge is 0.508 e. The second-order valence-corrected chi connectivity index (χ2v) is 6.54. The molecule has 1 aromatic carbocycles. The van der Waals surface area contributed by atoms with Crippen LogP contribution in [0.3, 0.4) is 0 Å². The fraction of sp³-hybridized carbons (Fsp3) is 0.389. The minimum Gasteiger partial charge on any atom is -0.508 e. The number of phenols is 1. The molecule has 164 valence electrons. The van der Waals surface area contributed by atoms with Gasteiger partial charge in [0.15, 0.2) is 0 Å². The summed E-state index contributed by atoms with van der Waals surface area (Å²) in [5.74, 6) is -5.39. The van der Waals surface area contributed by atoms with Gasteiger partial charge in [-0.2, -0.15) is 0 Å². The molecule has 0 heterocycles. The van der Waals surface area contributed by atoms with Crippen LogP contribution in [0.15, 0.2) is 24.3 Å². The van der Waals surface area contributed by atoms with Crippen molar-refractivity contribution < 1.29 is 39.3 Å². The van der Waals surface area contributed by atoms with Gasteiger partial charge in [-0.1, -0.05) is 12.1 Å². The molecule has 12 heteroatoms. The van der Waals surface area contributed by atoms with E-state index in [1.807, 2.05) is 0 Å². The summed E-state index contributed by atoms with van der Waals surface area (Å²) in [5, 5.41) is 31.7. The second-order valence-electron chi connectivity index (χ2n) is 6.54. The quantitative estimate of drug-likeness (QED) is 0.198. The third-order valence-electron chi connectivity index (χ3n) is 4.04. The van der Waals surface area contributed by atoms with Gasteiger partial charge in [0.25, 0.3) is 0 Å². The Morgan fingerprint density at radius 3 is 2.00 bits per heavy atom. The minimum absolute atomic E-state index is 0.0235. The molecule has 0 spiro atoms. The first-order chi connectivity index (χ1) is 14.0. The molecule has 9 N–H and O–H groups in total. The number of hydrogen-bond donors (Lipinski definition) is 7. The van der Waals surface area contributed by atoms with E-state index in [4.69, 9.17) is 21.7 Å². The lowest BCUT2D eigenvalue weighted by molar-refractivity contribution is -0.147. The molecule has 0 unspecified atom stereocenters. The van der Waals surface area contributed by atoms with Crippen LogP contribution in [0.5, 0.6) is 5.75 Å². The molecule has 3 atom stereocenters. The van der Waals surface area contributed by atoms with Crippen molar-refractivity contribution in [1.82, 2.24) is 10.6 Å². The van der Waals surface area contributed by atoms with Crippen LogP contribution in [0.25, 0.3) is 0 Å². The fourth-order valence-corrected chi connectivity index (χ4v) is 2.43. The molecule has 1 aromatic rings. The molecule has 0 radical (unpaired) electrons. The minimum atomic E-state index is -1.71. The number of phenolic OH excluding ortho intramolecular Hbond substituents is 1. The number of amides is 3. The van der Waals surface area contributed by atoms with Gasteiger partial charge in [0, 0.05) is 12.8 Å². The van der Waals surface area contributed by atoms with Crippen molar-refractivity contribution in [3.63, 3.8) is 0 Å². The summed E-state index contributed by atoms with van der Waals surface area (Å²) in [5.41, 5.74) is 11.2. The highest BCUT2D eigenvalue weighted by Gasteiger charge is 2.29. The van der Waals surface area contributed by atoms with Gasteiger partial charge in [0.05, 0.1) is 12.5 Å². The van der Waals surface area contributed by atoms with Crippen LogP contribution < -0.4 is 22.1 Å². The molecule has 3 amide bonds. The summed E-state index contributed by atoms with van der Waals surface area (Å²) in [7, 11) is 0. The Morgan fingerprint density at radius 2 is 1.50 bits per heavy atom. The van der Waals surface area contributed by atoms with Crippen molar-refractivity contribution in [3.8, 4) is 5.75 Å². The summed E-state index contributed by atoms with van der Waals surface area (Å²) in [6.07, 6.45) is -1.17. The van der Waals surface area contributed by atoms with Crippen LogP contribution in [0.2, 0.25) is 0 Å². The maximum Gasteiger partial charge on any atom is 0.326 e. The van der Waals surface area contributed by atoms with Gasteiger partial charge in [-0.3, -0.25) is 19.2 Å². The topological polar surface area (TPSA) is 222 Å². The van der Waals surface area contributed by atoms with Crippen LogP contribution in [0, 0.1) is 0 Å². The standard InChI is InChI=1S/C18H24N4O8/c19-11(5-6-14(20)24)16(27)21-12(7-9-1-3-10(23)4-2-9)17(28)22-13(18(29)30)8-15(25)26/h1-4,11-13,23H,5-8,19H2,(H2,20,24)(H,21,27)(H,22,28)(H,25,26)(H,29,30)/t11-,12-,13-/m0/s1. The predicted molar refractivity (Wildman–Crippen MR) is 102 cm³/mol. The van der Waals surface area contributed by atoms with Gasteiger partial charge in [-0.15, -0.1) is 0 Å². The van der Waals surface area contributed by atoms with E-state index in [0.29, 0.717) is 5.56 Å². The highest BCUT2D eigenvalue weighted by molar-refractivity contribution is 5.93. The van der Waals surface area contributed by atoms with E-state index in [1.54, 1.807) is 0 Å². The Morgan fingerprint density at radius 1 is 0.933 bits per heavy atom. The predicted octanol–water partition coefficient (Wildman–Crippen LogP) is -1.94. The summed E-state index contributed by atoms with van der Waals surface area (Å²) in [6.45, 7) is 0. The summed E-state index contributed by atoms with van der Waals surface area (Å²) >= 11 is 0. The maximum absolute atomic E-state index is 12.6. The van der Waals surface area contributed by atoms with Crippen molar-refractivity contribution in [1.29, 1.82) is 0 Å². The lowest BCUT2D eigenvalue weighted by Gasteiger charge is -2.22. The first-order valence-corrected chi connectivity index (χ1v) is 8.86. The van der Waals surface area contributed by atoms with E-state index in [9.17, 15) is 29.1 Å². The second kappa shape index (κ2) is 11.4. The van der Waals surface area contributed by atoms with Crippen molar-refractivity contribution >= 4 is 29.7 Å². The Labute approximate surface area is 171 Å². The molecule has 12 nitrogen and oxygen atoms in total. The zero-order valence-corrected chi connectivity index (χ0v) is 15.9. The van der Waals surface area contributed by atoms with Crippen LogP contribution in [0.1, 0.15) is 24.8 Å². The molecule has 0 saturated carbocycles. The molecule has 1 rings (SSSR count). The molecule has 0 fully saturated rings. The van der Waals surface area contributed by atoms with Gasteiger partial charge in [0.2, 0.25) is 17.7 Å². The van der Waals surface area contributed by atoms with Crippen LogP contribution in [0.4, 0.5) is 0 Å². The van der Waals surface area contributed by atoms with Crippen molar-refractivity contribution in [2.45, 2.75) is 43.8 Å². The molecule has 0 aliphatic heterocycles.